The van der Waals surface area contributed by atoms with Crippen LogP contribution in [0.1, 0.15) is 61.1 Å². The normalized spacial score (nSPS) is 22.8. The zero-order valence-corrected chi connectivity index (χ0v) is 29.2. The fourth-order valence-corrected chi connectivity index (χ4v) is 8.11. The number of benzene rings is 3. The highest BCUT2D eigenvalue weighted by molar-refractivity contribution is 7.92. The fourth-order valence-electron chi connectivity index (χ4n) is 6.37. The molecule has 1 unspecified atom stereocenters. The SMILES string of the molecule is CC(C)(C)CC[C@]1(NC(=O)N2C(=O)OC[C@H]2c2ccccc2)C(=O)C(C2=NS(=O)(=O)c3cc(NS(C)(=O)=O)ccc3N2)C(=O)c2ccccc21. The van der Waals surface area contributed by atoms with Crippen LogP contribution in [0, 0.1) is 11.3 Å². The lowest BCUT2D eigenvalue weighted by Crippen LogP contribution is -2.62. The molecule has 6 rings (SSSR count). The number of hydrogen-bond acceptors (Lipinski definition) is 10. The second-order valence-electron chi connectivity index (χ2n) is 13.6. The first-order valence-electron chi connectivity index (χ1n) is 15.7. The van der Waals surface area contributed by atoms with Gasteiger partial charge < -0.3 is 15.4 Å². The van der Waals surface area contributed by atoms with Crippen LogP contribution in [-0.4, -0.2) is 64.1 Å². The van der Waals surface area contributed by atoms with Gasteiger partial charge in [0.2, 0.25) is 10.0 Å². The first-order chi connectivity index (χ1) is 23.4. The summed E-state index contributed by atoms with van der Waals surface area (Å²) >= 11 is 0. The molecule has 1 aliphatic carbocycles. The van der Waals surface area contributed by atoms with Gasteiger partial charge in [-0.05, 0) is 47.6 Å². The van der Waals surface area contributed by atoms with Crippen LogP contribution in [0.25, 0.3) is 0 Å². The highest BCUT2D eigenvalue weighted by atomic mass is 32.2. The molecule has 14 nitrogen and oxygen atoms in total. The maximum absolute atomic E-state index is 15.0. The number of ether oxygens (including phenoxy) is 1. The second-order valence-corrected chi connectivity index (χ2v) is 17.0. The molecule has 1 fully saturated rings. The van der Waals surface area contributed by atoms with Crippen molar-refractivity contribution in [2.45, 2.75) is 50.1 Å². The fraction of sp³-hybridized carbons (Fsp3) is 0.324. The number of imide groups is 1. The number of nitrogens with one attached hydrogen (secondary N) is 3. The van der Waals surface area contributed by atoms with Crippen molar-refractivity contribution in [3.63, 3.8) is 0 Å². The number of anilines is 2. The Balaban J connectivity index is 1.46. The lowest BCUT2D eigenvalue weighted by Gasteiger charge is -2.43. The van der Waals surface area contributed by atoms with E-state index in [2.05, 4.69) is 19.8 Å². The van der Waals surface area contributed by atoms with E-state index in [0.29, 0.717) is 12.0 Å². The number of amidine groups is 1. The molecule has 3 atom stereocenters. The van der Waals surface area contributed by atoms with E-state index in [0.717, 1.165) is 17.2 Å². The number of fused-ring (bicyclic) bond motifs is 2. The molecule has 3 aromatic rings. The third kappa shape index (κ3) is 6.47. The number of urea groups is 1. The van der Waals surface area contributed by atoms with Gasteiger partial charge in [-0.2, -0.15) is 8.42 Å². The van der Waals surface area contributed by atoms with Crippen LogP contribution < -0.4 is 15.4 Å². The monoisotopic (exact) mass is 721 g/mol. The molecule has 16 heteroatoms. The Labute approximate surface area is 289 Å². The van der Waals surface area contributed by atoms with Gasteiger partial charge in [-0.3, -0.25) is 14.3 Å². The van der Waals surface area contributed by atoms with Gasteiger partial charge in [0.15, 0.2) is 11.6 Å². The van der Waals surface area contributed by atoms with E-state index in [1.165, 1.54) is 18.2 Å². The minimum atomic E-state index is -4.57. The van der Waals surface area contributed by atoms with Gasteiger partial charge in [-0.15, -0.1) is 4.40 Å². The summed E-state index contributed by atoms with van der Waals surface area (Å²) in [4.78, 5) is 56.9. The number of rotatable bonds is 7. The smallest absolute Gasteiger partial charge is 0.418 e. The van der Waals surface area contributed by atoms with Gasteiger partial charge in [-0.25, -0.2) is 22.9 Å². The van der Waals surface area contributed by atoms with Crippen LogP contribution in [0.3, 0.4) is 0 Å². The summed E-state index contributed by atoms with van der Waals surface area (Å²) < 4.78 is 61.9. The summed E-state index contributed by atoms with van der Waals surface area (Å²) in [6.07, 6.45) is 0.333. The zero-order valence-electron chi connectivity index (χ0n) is 27.6. The van der Waals surface area contributed by atoms with Gasteiger partial charge >= 0.3 is 12.1 Å². The predicted molar refractivity (Wildman–Crippen MR) is 184 cm³/mol. The number of carbonyl (C=O) groups excluding carboxylic acids is 4. The van der Waals surface area contributed by atoms with Crippen molar-refractivity contribution < 1.29 is 40.8 Å². The van der Waals surface area contributed by atoms with E-state index < -0.39 is 67.1 Å². The van der Waals surface area contributed by atoms with Crippen molar-refractivity contribution in [1.82, 2.24) is 10.2 Å². The lowest BCUT2D eigenvalue weighted by atomic mass is 9.66. The second kappa shape index (κ2) is 12.4. The molecular formula is C34H35N5O9S2. The molecule has 3 aromatic carbocycles. The molecule has 1 saturated heterocycles. The van der Waals surface area contributed by atoms with Crippen LogP contribution in [0.2, 0.25) is 0 Å². The van der Waals surface area contributed by atoms with Crippen molar-refractivity contribution in [1.29, 1.82) is 0 Å². The predicted octanol–water partition coefficient (Wildman–Crippen LogP) is 4.58. The summed E-state index contributed by atoms with van der Waals surface area (Å²) in [5.41, 5.74) is -1.47. The highest BCUT2D eigenvalue weighted by Crippen LogP contribution is 2.43. The van der Waals surface area contributed by atoms with Crippen molar-refractivity contribution in [2.75, 3.05) is 22.9 Å². The van der Waals surface area contributed by atoms with Crippen molar-refractivity contribution in [3.8, 4) is 0 Å². The molecule has 0 saturated carbocycles. The summed E-state index contributed by atoms with van der Waals surface area (Å²) in [7, 11) is -8.30. The molecule has 50 heavy (non-hydrogen) atoms. The molecule has 262 valence electrons. The maximum atomic E-state index is 15.0. The lowest BCUT2D eigenvalue weighted by molar-refractivity contribution is -0.127. The molecule has 2 aliphatic heterocycles. The molecule has 0 bridgehead atoms. The Morgan fingerprint density at radius 1 is 1.04 bits per heavy atom. The van der Waals surface area contributed by atoms with Gasteiger partial charge in [0.25, 0.3) is 10.0 Å². The topological polar surface area (TPSA) is 197 Å². The average Bonchev–Trinajstić information content (AvgIpc) is 3.43. The Kier molecular flexibility index (Phi) is 8.59. The van der Waals surface area contributed by atoms with Crippen LogP contribution >= 0.6 is 0 Å². The average molecular weight is 722 g/mol. The maximum Gasteiger partial charge on any atom is 0.418 e. The van der Waals surface area contributed by atoms with Crippen molar-refractivity contribution >= 4 is 60.9 Å². The largest absolute Gasteiger partial charge is 0.446 e. The van der Waals surface area contributed by atoms with Gasteiger partial charge in [-0.1, -0.05) is 75.4 Å². The van der Waals surface area contributed by atoms with Crippen LogP contribution in [0.15, 0.2) is 82.1 Å². The Hall–Kier alpha value is -5.09. The zero-order chi connectivity index (χ0) is 36.2. The van der Waals surface area contributed by atoms with Gasteiger partial charge in [0.1, 0.15) is 34.8 Å². The number of carbonyl (C=O) groups is 4. The number of Topliss-reactive ketones (excluding diaryl/α,β-unsaturated/α-hetero) is 2. The van der Waals surface area contributed by atoms with E-state index >= 15 is 0 Å². The molecule has 0 aromatic heterocycles. The first kappa shape index (κ1) is 34.8. The minimum absolute atomic E-state index is 0.0160. The van der Waals surface area contributed by atoms with Crippen molar-refractivity contribution in [3.05, 3.63) is 89.5 Å². The van der Waals surface area contributed by atoms with Crippen molar-refractivity contribution in [2.24, 2.45) is 15.7 Å². The van der Waals surface area contributed by atoms with Crippen LogP contribution in [-0.2, 0) is 35.1 Å². The number of sulfonamides is 2. The summed E-state index contributed by atoms with van der Waals surface area (Å²) in [5.74, 6) is -3.88. The quantitative estimate of drug-likeness (QED) is 0.291. The summed E-state index contributed by atoms with van der Waals surface area (Å²) in [6, 6.07) is 17.0. The Morgan fingerprint density at radius 3 is 2.40 bits per heavy atom. The third-order valence-electron chi connectivity index (χ3n) is 8.76. The standard InChI is InChI=1S/C34H35N5O9S2/c1-33(2,3)16-17-34(36-31(42)39-25(19-48-32(39)43)20-10-6-5-7-11-20)23-13-9-8-12-22(23)28(40)27(29(34)41)30-35-24-15-14-21(37-49(4,44)45)18-26(24)50(46,47)38-30/h5-15,18,25,27,37H,16-17,19H2,1-4H3,(H,35,38)(H,36,42)/t25-,27?,34+/m0/s1. The molecule has 0 spiro atoms. The third-order valence-corrected chi connectivity index (χ3v) is 10.7. The number of cyclic esters (lactones) is 1. The molecular weight excluding hydrogens is 687 g/mol. The van der Waals surface area contributed by atoms with Gasteiger partial charge in [0.05, 0.1) is 11.9 Å². The number of hydrogen-bond donors (Lipinski definition) is 3. The summed E-state index contributed by atoms with van der Waals surface area (Å²) in [6.45, 7) is 5.71. The number of nitrogens with zero attached hydrogens (tertiary/aromatic N) is 2. The van der Waals surface area contributed by atoms with E-state index in [1.54, 1.807) is 48.5 Å². The highest BCUT2D eigenvalue weighted by Gasteiger charge is 2.56. The van der Waals surface area contributed by atoms with Gasteiger partial charge in [0, 0.05) is 11.3 Å². The Bertz CT molecular complexity index is 2180. The van der Waals surface area contributed by atoms with E-state index in [9.17, 15) is 36.0 Å². The Morgan fingerprint density at radius 2 is 1.72 bits per heavy atom. The van der Waals surface area contributed by atoms with Crippen LogP contribution in [0.4, 0.5) is 21.0 Å². The molecule has 3 N–H and O–H groups in total. The molecule has 3 amide bonds. The summed E-state index contributed by atoms with van der Waals surface area (Å²) in [5, 5.41) is 5.64. The number of ketones is 2. The molecule has 2 heterocycles. The first-order valence-corrected chi connectivity index (χ1v) is 19.0. The molecule has 0 radical (unpaired) electrons. The van der Waals surface area contributed by atoms with E-state index in [1.807, 2.05) is 20.8 Å². The number of amides is 3. The van der Waals surface area contributed by atoms with E-state index in [-0.39, 0.29) is 45.8 Å². The van der Waals surface area contributed by atoms with Crippen LogP contribution in [0.5, 0.6) is 0 Å². The van der Waals surface area contributed by atoms with E-state index in [4.69, 9.17) is 4.74 Å². The minimum Gasteiger partial charge on any atom is -0.446 e. The molecule has 3 aliphatic rings.